The summed E-state index contributed by atoms with van der Waals surface area (Å²) in [4.78, 5) is 14.7. The SMILES string of the molecule is Cc1cnc(NC(C)CCc2ccccc2)cc1[N+](=O)[O-]. The Labute approximate surface area is 124 Å². The van der Waals surface area contributed by atoms with Crippen LogP contribution in [0.15, 0.2) is 42.6 Å². The number of aromatic nitrogens is 1. The van der Waals surface area contributed by atoms with Gasteiger partial charge in [0.15, 0.2) is 0 Å². The first-order valence-corrected chi connectivity index (χ1v) is 6.98. The summed E-state index contributed by atoms with van der Waals surface area (Å²) in [6.45, 7) is 3.74. The van der Waals surface area contributed by atoms with E-state index < -0.39 is 0 Å². The van der Waals surface area contributed by atoms with E-state index in [1.54, 1.807) is 6.92 Å². The molecule has 1 aromatic heterocycles. The molecule has 0 saturated carbocycles. The molecule has 0 saturated heterocycles. The molecule has 1 atom stereocenters. The van der Waals surface area contributed by atoms with Crippen molar-refractivity contribution in [2.45, 2.75) is 32.7 Å². The predicted molar refractivity (Wildman–Crippen MR) is 83.5 cm³/mol. The first-order chi connectivity index (χ1) is 10.1. The average molecular weight is 285 g/mol. The van der Waals surface area contributed by atoms with Gasteiger partial charge in [0.25, 0.3) is 5.69 Å². The minimum Gasteiger partial charge on any atom is -0.367 e. The molecule has 0 amide bonds. The lowest BCUT2D eigenvalue weighted by Crippen LogP contribution is -2.17. The van der Waals surface area contributed by atoms with Crippen LogP contribution in [0.3, 0.4) is 0 Å². The van der Waals surface area contributed by atoms with E-state index in [4.69, 9.17) is 0 Å². The van der Waals surface area contributed by atoms with Crippen molar-refractivity contribution < 1.29 is 4.92 Å². The van der Waals surface area contributed by atoms with Crippen LogP contribution in [0.25, 0.3) is 0 Å². The summed E-state index contributed by atoms with van der Waals surface area (Å²) in [5.41, 5.74) is 1.96. The maximum Gasteiger partial charge on any atom is 0.277 e. The third-order valence-electron chi connectivity index (χ3n) is 3.37. The predicted octanol–water partition coefficient (Wildman–Crippen LogP) is 3.73. The third kappa shape index (κ3) is 4.27. The number of nitrogens with zero attached hydrogens (tertiary/aromatic N) is 2. The van der Waals surface area contributed by atoms with Gasteiger partial charge in [-0.05, 0) is 32.3 Å². The molecule has 1 N–H and O–H groups in total. The lowest BCUT2D eigenvalue weighted by atomic mass is 10.1. The highest BCUT2D eigenvalue weighted by molar-refractivity contribution is 5.49. The molecular weight excluding hydrogens is 266 g/mol. The molecule has 0 aliphatic heterocycles. The van der Waals surface area contributed by atoms with Gasteiger partial charge in [-0.3, -0.25) is 10.1 Å². The van der Waals surface area contributed by atoms with Crippen LogP contribution in [-0.4, -0.2) is 15.9 Å². The van der Waals surface area contributed by atoms with E-state index in [9.17, 15) is 10.1 Å². The van der Waals surface area contributed by atoms with Crippen LogP contribution in [0.1, 0.15) is 24.5 Å². The number of rotatable bonds is 6. The zero-order chi connectivity index (χ0) is 15.2. The third-order valence-corrected chi connectivity index (χ3v) is 3.37. The minimum absolute atomic E-state index is 0.0998. The second-order valence-corrected chi connectivity index (χ2v) is 5.18. The number of pyridine rings is 1. The number of nitrogens with one attached hydrogen (secondary N) is 1. The molecule has 5 nitrogen and oxygen atoms in total. The Morgan fingerprint density at radius 3 is 2.71 bits per heavy atom. The van der Waals surface area contributed by atoms with Crippen LogP contribution in [0, 0.1) is 17.0 Å². The molecular formula is C16H19N3O2. The zero-order valence-electron chi connectivity index (χ0n) is 12.2. The van der Waals surface area contributed by atoms with Gasteiger partial charge in [-0.1, -0.05) is 30.3 Å². The quantitative estimate of drug-likeness (QED) is 0.648. The van der Waals surface area contributed by atoms with Crippen LogP contribution in [0.5, 0.6) is 0 Å². The number of hydrogen-bond acceptors (Lipinski definition) is 4. The van der Waals surface area contributed by atoms with E-state index in [1.807, 2.05) is 18.2 Å². The van der Waals surface area contributed by atoms with Gasteiger partial charge in [0.2, 0.25) is 0 Å². The first-order valence-electron chi connectivity index (χ1n) is 6.98. The van der Waals surface area contributed by atoms with E-state index in [1.165, 1.54) is 17.8 Å². The molecule has 1 heterocycles. The van der Waals surface area contributed by atoms with E-state index in [0.717, 1.165) is 12.8 Å². The topological polar surface area (TPSA) is 68.1 Å². The first kappa shape index (κ1) is 15.0. The van der Waals surface area contributed by atoms with E-state index >= 15 is 0 Å². The van der Waals surface area contributed by atoms with Gasteiger partial charge < -0.3 is 5.32 Å². The minimum atomic E-state index is -0.378. The van der Waals surface area contributed by atoms with Gasteiger partial charge in [-0.2, -0.15) is 0 Å². The van der Waals surface area contributed by atoms with Crippen molar-refractivity contribution >= 4 is 11.5 Å². The number of aryl methyl sites for hydroxylation is 2. The molecule has 1 aromatic carbocycles. The van der Waals surface area contributed by atoms with E-state index in [2.05, 4.69) is 29.4 Å². The highest BCUT2D eigenvalue weighted by Crippen LogP contribution is 2.20. The molecule has 5 heteroatoms. The van der Waals surface area contributed by atoms with Gasteiger partial charge in [-0.15, -0.1) is 0 Å². The maximum absolute atomic E-state index is 10.9. The van der Waals surface area contributed by atoms with Crippen molar-refractivity contribution in [2.75, 3.05) is 5.32 Å². The van der Waals surface area contributed by atoms with Gasteiger partial charge in [-0.25, -0.2) is 4.98 Å². The Balaban J connectivity index is 1.95. The van der Waals surface area contributed by atoms with E-state index in [-0.39, 0.29) is 16.7 Å². The van der Waals surface area contributed by atoms with Crippen molar-refractivity contribution in [3.8, 4) is 0 Å². The fraction of sp³-hybridized carbons (Fsp3) is 0.312. The molecule has 0 aliphatic rings. The summed E-state index contributed by atoms with van der Waals surface area (Å²) >= 11 is 0. The summed E-state index contributed by atoms with van der Waals surface area (Å²) in [5, 5.41) is 14.1. The number of nitro groups is 1. The molecule has 0 bridgehead atoms. The Kier molecular flexibility index (Phi) is 4.87. The van der Waals surface area contributed by atoms with Crippen molar-refractivity contribution in [1.82, 2.24) is 4.98 Å². The van der Waals surface area contributed by atoms with Crippen molar-refractivity contribution in [2.24, 2.45) is 0 Å². The number of benzene rings is 1. The lowest BCUT2D eigenvalue weighted by molar-refractivity contribution is -0.385. The molecule has 2 rings (SSSR count). The molecule has 1 unspecified atom stereocenters. The fourth-order valence-corrected chi connectivity index (χ4v) is 2.14. The van der Waals surface area contributed by atoms with Crippen LogP contribution in [0.2, 0.25) is 0 Å². The summed E-state index contributed by atoms with van der Waals surface area (Å²) in [6.07, 6.45) is 3.43. The van der Waals surface area contributed by atoms with Gasteiger partial charge >= 0.3 is 0 Å². The molecule has 0 aliphatic carbocycles. The summed E-state index contributed by atoms with van der Waals surface area (Å²) < 4.78 is 0. The molecule has 110 valence electrons. The molecule has 0 radical (unpaired) electrons. The Bertz CT molecular complexity index is 614. The summed E-state index contributed by atoms with van der Waals surface area (Å²) in [5.74, 6) is 0.549. The van der Waals surface area contributed by atoms with Crippen LogP contribution in [-0.2, 0) is 6.42 Å². The Morgan fingerprint density at radius 1 is 1.33 bits per heavy atom. The van der Waals surface area contributed by atoms with Crippen LogP contribution < -0.4 is 5.32 Å². The second kappa shape index (κ2) is 6.83. The van der Waals surface area contributed by atoms with E-state index in [0.29, 0.717) is 11.4 Å². The smallest absolute Gasteiger partial charge is 0.277 e. The lowest BCUT2D eigenvalue weighted by Gasteiger charge is -2.14. The van der Waals surface area contributed by atoms with Crippen molar-refractivity contribution in [3.05, 3.63) is 63.8 Å². The Morgan fingerprint density at radius 2 is 2.05 bits per heavy atom. The van der Waals surface area contributed by atoms with Gasteiger partial charge in [0.1, 0.15) is 5.82 Å². The highest BCUT2D eigenvalue weighted by Gasteiger charge is 2.13. The largest absolute Gasteiger partial charge is 0.367 e. The second-order valence-electron chi connectivity index (χ2n) is 5.18. The molecule has 0 spiro atoms. The zero-order valence-corrected chi connectivity index (χ0v) is 12.2. The summed E-state index contributed by atoms with van der Waals surface area (Å²) in [7, 11) is 0. The molecule has 21 heavy (non-hydrogen) atoms. The maximum atomic E-state index is 10.9. The molecule has 0 fully saturated rings. The number of hydrogen-bond donors (Lipinski definition) is 1. The summed E-state index contributed by atoms with van der Waals surface area (Å²) in [6, 6.07) is 11.9. The van der Waals surface area contributed by atoms with Crippen molar-refractivity contribution in [3.63, 3.8) is 0 Å². The monoisotopic (exact) mass is 285 g/mol. The normalized spacial score (nSPS) is 11.9. The standard InChI is InChI=1S/C16H19N3O2/c1-12-11-17-16(10-15(12)19(20)21)18-13(2)8-9-14-6-4-3-5-7-14/h3-7,10-11,13H,8-9H2,1-2H3,(H,17,18). The molecule has 2 aromatic rings. The van der Waals surface area contributed by atoms with Crippen LogP contribution in [0.4, 0.5) is 11.5 Å². The van der Waals surface area contributed by atoms with Crippen LogP contribution >= 0.6 is 0 Å². The highest BCUT2D eigenvalue weighted by atomic mass is 16.6. The van der Waals surface area contributed by atoms with Gasteiger partial charge in [0.05, 0.1) is 11.0 Å². The van der Waals surface area contributed by atoms with Crippen molar-refractivity contribution in [1.29, 1.82) is 0 Å². The van der Waals surface area contributed by atoms with Gasteiger partial charge in [0, 0.05) is 17.8 Å². The average Bonchev–Trinajstić information content (AvgIpc) is 2.48. The Hall–Kier alpha value is -2.43. The number of anilines is 1. The fourth-order valence-electron chi connectivity index (χ4n) is 2.14.